The zero-order valence-corrected chi connectivity index (χ0v) is 16.0. The van der Waals surface area contributed by atoms with Gasteiger partial charge in [0, 0.05) is 12.5 Å². The molecule has 1 saturated carbocycles. The lowest BCUT2D eigenvalue weighted by molar-refractivity contribution is -0.121. The first-order chi connectivity index (χ1) is 13.9. The maximum Gasteiger partial charge on any atom is 0.351 e. The molecule has 4 rings (SSSR count). The number of benzene rings is 2. The SMILES string of the molecule is O=C(Cn1c(C2CC2)nn(-c2ccc(F)cc2)c1=O)NCc1ccc(Cl)c(F)c1. The number of halogens is 3. The summed E-state index contributed by atoms with van der Waals surface area (Å²) in [4.78, 5) is 25.2. The van der Waals surface area contributed by atoms with E-state index in [1.165, 1.54) is 45.6 Å². The van der Waals surface area contributed by atoms with Crippen LogP contribution in [0.2, 0.25) is 5.02 Å². The molecule has 3 aromatic rings. The minimum Gasteiger partial charge on any atom is -0.350 e. The quantitative estimate of drug-likeness (QED) is 0.668. The van der Waals surface area contributed by atoms with Crippen molar-refractivity contribution >= 4 is 17.5 Å². The first kappa shape index (κ1) is 19.3. The maximum atomic E-state index is 13.5. The molecule has 0 unspecified atom stereocenters. The summed E-state index contributed by atoms with van der Waals surface area (Å²) < 4.78 is 29.2. The third-order valence-electron chi connectivity index (χ3n) is 4.68. The zero-order chi connectivity index (χ0) is 20.5. The highest BCUT2D eigenvalue weighted by Gasteiger charge is 2.31. The fourth-order valence-electron chi connectivity index (χ4n) is 3.00. The van der Waals surface area contributed by atoms with Crippen molar-refractivity contribution in [2.45, 2.75) is 31.8 Å². The summed E-state index contributed by atoms with van der Waals surface area (Å²) in [6.07, 6.45) is 1.79. The average molecular weight is 419 g/mol. The lowest BCUT2D eigenvalue weighted by Crippen LogP contribution is -2.33. The van der Waals surface area contributed by atoms with Crippen molar-refractivity contribution in [3.63, 3.8) is 0 Å². The Labute approximate surface area is 169 Å². The number of carbonyl (C=O) groups is 1. The smallest absolute Gasteiger partial charge is 0.350 e. The lowest BCUT2D eigenvalue weighted by atomic mass is 10.2. The van der Waals surface area contributed by atoms with E-state index in [-0.39, 0.29) is 24.0 Å². The van der Waals surface area contributed by atoms with Crippen LogP contribution in [0.4, 0.5) is 8.78 Å². The van der Waals surface area contributed by atoms with Gasteiger partial charge < -0.3 is 5.32 Å². The Morgan fingerprint density at radius 3 is 2.55 bits per heavy atom. The van der Waals surface area contributed by atoms with E-state index in [9.17, 15) is 18.4 Å². The molecule has 0 atom stereocenters. The van der Waals surface area contributed by atoms with E-state index >= 15 is 0 Å². The van der Waals surface area contributed by atoms with Gasteiger partial charge in [-0.1, -0.05) is 17.7 Å². The average Bonchev–Trinajstić information content (AvgIpc) is 3.49. The van der Waals surface area contributed by atoms with Crippen molar-refractivity contribution in [2.24, 2.45) is 0 Å². The molecule has 0 radical (unpaired) electrons. The summed E-state index contributed by atoms with van der Waals surface area (Å²) in [5.41, 5.74) is 0.511. The van der Waals surface area contributed by atoms with Gasteiger partial charge >= 0.3 is 5.69 Å². The van der Waals surface area contributed by atoms with Gasteiger partial charge in [-0.25, -0.2) is 13.6 Å². The van der Waals surface area contributed by atoms with E-state index in [0.29, 0.717) is 17.1 Å². The van der Waals surface area contributed by atoms with E-state index in [1.807, 2.05) is 0 Å². The van der Waals surface area contributed by atoms with Gasteiger partial charge in [-0.3, -0.25) is 9.36 Å². The van der Waals surface area contributed by atoms with Gasteiger partial charge in [0.05, 0.1) is 10.7 Å². The normalized spacial score (nSPS) is 13.5. The summed E-state index contributed by atoms with van der Waals surface area (Å²) in [6.45, 7) is -0.103. The molecule has 1 heterocycles. The molecule has 0 spiro atoms. The minimum atomic E-state index is -0.564. The van der Waals surface area contributed by atoms with E-state index in [4.69, 9.17) is 11.6 Å². The van der Waals surface area contributed by atoms with Gasteiger partial charge in [0.1, 0.15) is 24.0 Å². The molecule has 1 aromatic heterocycles. The zero-order valence-electron chi connectivity index (χ0n) is 15.2. The van der Waals surface area contributed by atoms with Crippen LogP contribution in [-0.4, -0.2) is 20.3 Å². The Balaban J connectivity index is 1.53. The van der Waals surface area contributed by atoms with E-state index in [1.54, 1.807) is 6.07 Å². The van der Waals surface area contributed by atoms with Gasteiger partial charge in [0.25, 0.3) is 0 Å². The summed E-state index contributed by atoms with van der Waals surface area (Å²) >= 11 is 5.65. The first-order valence-corrected chi connectivity index (χ1v) is 9.46. The molecular formula is C20H17ClF2N4O2. The van der Waals surface area contributed by atoms with Crippen molar-refractivity contribution < 1.29 is 13.6 Å². The molecule has 9 heteroatoms. The monoisotopic (exact) mass is 418 g/mol. The highest BCUT2D eigenvalue weighted by molar-refractivity contribution is 6.30. The molecule has 1 N–H and O–H groups in total. The van der Waals surface area contributed by atoms with Gasteiger partial charge in [-0.2, -0.15) is 4.68 Å². The van der Waals surface area contributed by atoms with Crippen LogP contribution in [0.1, 0.15) is 30.1 Å². The third-order valence-corrected chi connectivity index (χ3v) is 4.99. The second kappa shape index (κ2) is 7.79. The summed E-state index contributed by atoms with van der Waals surface area (Å²) in [5, 5.41) is 7.04. The van der Waals surface area contributed by atoms with E-state index < -0.39 is 23.2 Å². The number of nitrogens with one attached hydrogen (secondary N) is 1. The number of nitrogens with zero attached hydrogens (tertiary/aromatic N) is 3. The van der Waals surface area contributed by atoms with Gasteiger partial charge in [0.2, 0.25) is 5.91 Å². The van der Waals surface area contributed by atoms with Crippen LogP contribution >= 0.6 is 11.6 Å². The van der Waals surface area contributed by atoms with Crippen LogP contribution < -0.4 is 11.0 Å². The third kappa shape index (κ3) is 4.22. The van der Waals surface area contributed by atoms with E-state index in [0.717, 1.165) is 12.8 Å². The largest absolute Gasteiger partial charge is 0.351 e. The highest BCUT2D eigenvalue weighted by atomic mass is 35.5. The van der Waals surface area contributed by atoms with Crippen molar-refractivity contribution in [3.05, 3.63) is 81.0 Å². The first-order valence-electron chi connectivity index (χ1n) is 9.08. The van der Waals surface area contributed by atoms with Crippen molar-refractivity contribution in [1.82, 2.24) is 19.7 Å². The van der Waals surface area contributed by atoms with Crippen LogP contribution in [0.15, 0.2) is 47.3 Å². The molecule has 29 heavy (non-hydrogen) atoms. The van der Waals surface area contributed by atoms with Crippen LogP contribution in [0.3, 0.4) is 0 Å². The molecule has 150 valence electrons. The Kier molecular flexibility index (Phi) is 5.19. The number of hydrogen-bond acceptors (Lipinski definition) is 3. The Morgan fingerprint density at radius 2 is 1.90 bits per heavy atom. The molecule has 0 aliphatic heterocycles. The number of hydrogen-bond donors (Lipinski definition) is 1. The molecule has 1 amide bonds. The van der Waals surface area contributed by atoms with Crippen LogP contribution in [0.5, 0.6) is 0 Å². The van der Waals surface area contributed by atoms with Crippen molar-refractivity contribution in [1.29, 1.82) is 0 Å². The molecule has 0 saturated heterocycles. The molecule has 2 aromatic carbocycles. The number of amides is 1. The van der Waals surface area contributed by atoms with Crippen LogP contribution in [-0.2, 0) is 17.9 Å². The Bertz CT molecular complexity index is 1120. The minimum absolute atomic E-state index is 0.00825. The second-order valence-electron chi connectivity index (χ2n) is 6.91. The molecule has 6 nitrogen and oxygen atoms in total. The van der Waals surface area contributed by atoms with Gasteiger partial charge in [-0.05, 0) is 54.8 Å². The number of aromatic nitrogens is 3. The van der Waals surface area contributed by atoms with Crippen molar-refractivity contribution in [2.75, 3.05) is 0 Å². The maximum absolute atomic E-state index is 13.5. The van der Waals surface area contributed by atoms with E-state index in [2.05, 4.69) is 10.4 Å². The lowest BCUT2D eigenvalue weighted by Gasteiger charge is -2.07. The predicted molar refractivity (Wildman–Crippen MR) is 103 cm³/mol. The topological polar surface area (TPSA) is 68.9 Å². The van der Waals surface area contributed by atoms with Crippen LogP contribution in [0, 0.1) is 11.6 Å². The number of rotatable bonds is 6. The fourth-order valence-corrected chi connectivity index (χ4v) is 3.12. The summed E-state index contributed by atoms with van der Waals surface area (Å²) in [7, 11) is 0. The molecule has 1 aliphatic carbocycles. The Hall–Kier alpha value is -3.00. The van der Waals surface area contributed by atoms with Gasteiger partial charge in [-0.15, -0.1) is 5.10 Å². The predicted octanol–water partition coefficient (Wildman–Crippen LogP) is 3.16. The van der Waals surface area contributed by atoms with Gasteiger partial charge in [0.15, 0.2) is 0 Å². The highest BCUT2D eigenvalue weighted by Crippen LogP contribution is 2.38. The Morgan fingerprint density at radius 1 is 1.17 bits per heavy atom. The van der Waals surface area contributed by atoms with Crippen LogP contribution in [0.25, 0.3) is 5.69 Å². The summed E-state index contributed by atoms with van der Waals surface area (Å²) in [5.74, 6) is -0.717. The molecule has 1 aliphatic rings. The second-order valence-corrected chi connectivity index (χ2v) is 7.32. The molecule has 0 bridgehead atoms. The molecular weight excluding hydrogens is 402 g/mol. The van der Waals surface area contributed by atoms with Crippen molar-refractivity contribution in [3.8, 4) is 5.69 Å². The molecule has 1 fully saturated rings. The fraction of sp³-hybridized carbons (Fsp3) is 0.250. The summed E-state index contributed by atoms with van der Waals surface area (Å²) in [6, 6.07) is 9.68. The number of carbonyl (C=O) groups excluding carboxylic acids is 1. The standard InChI is InChI=1S/C20H17ClF2N4O2/c21-16-8-1-12(9-17(16)23)10-24-18(28)11-26-19(13-2-3-13)25-27(20(26)29)15-6-4-14(22)5-7-15/h1,4-9,13H,2-3,10-11H2,(H,24,28).